The summed E-state index contributed by atoms with van der Waals surface area (Å²) in [5.41, 5.74) is 0.869. The Morgan fingerprint density at radius 2 is 2.00 bits per heavy atom. The lowest BCUT2D eigenvalue weighted by Gasteiger charge is -2.31. The van der Waals surface area contributed by atoms with Gasteiger partial charge >= 0.3 is 0 Å². The van der Waals surface area contributed by atoms with E-state index in [1.807, 2.05) is 6.07 Å². The second-order valence-corrected chi connectivity index (χ2v) is 7.57. The van der Waals surface area contributed by atoms with Crippen LogP contribution in [0.5, 0.6) is 0 Å². The normalized spacial score (nSPS) is 15.1. The molecule has 1 fully saturated rings. The van der Waals surface area contributed by atoms with E-state index in [-0.39, 0.29) is 17.5 Å². The van der Waals surface area contributed by atoms with E-state index in [2.05, 4.69) is 27.1 Å². The zero-order valence-corrected chi connectivity index (χ0v) is 15.6. The standard InChI is InChI=1S/C19H23FN4OS/c1-14-6-8-24(9-7-14)17-10-19(23-13-22-17)26-12-18(25)21-11-15-2-4-16(20)5-3-15/h2-5,10,13-14H,6-9,11-12H2,1H3,(H,21,25). The zero-order valence-electron chi connectivity index (χ0n) is 14.8. The second kappa shape index (κ2) is 8.98. The van der Waals surface area contributed by atoms with Crippen LogP contribution >= 0.6 is 11.8 Å². The van der Waals surface area contributed by atoms with Crippen LogP contribution in [0.1, 0.15) is 25.3 Å². The van der Waals surface area contributed by atoms with Gasteiger partial charge in [0.15, 0.2) is 0 Å². The maximum Gasteiger partial charge on any atom is 0.230 e. The van der Waals surface area contributed by atoms with Crippen LogP contribution in [0.15, 0.2) is 41.7 Å². The Labute approximate surface area is 157 Å². The number of piperidine rings is 1. The van der Waals surface area contributed by atoms with Crippen LogP contribution in [0, 0.1) is 11.7 Å². The van der Waals surface area contributed by atoms with E-state index in [1.165, 1.54) is 36.7 Å². The first-order valence-corrected chi connectivity index (χ1v) is 9.79. The monoisotopic (exact) mass is 374 g/mol. The van der Waals surface area contributed by atoms with Crippen molar-refractivity contribution in [2.75, 3.05) is 23.7 Å². The third-order valence-corrected chi connectivity index (χ3v) is 5.41. The maximum absolute atomic E-state index is 12.9. The number of rotatable bonds is 6. The quantitative estimate of drug-likeness (QED) is 0.621. The topological polar surface area (TPSA) is 58.1 Å². The van der Waals surface area contributed by atoms with Crippen LogP contribution < -0.4 is 10.2 Å². The number of benzene rings is 1. The van der Waals surface area contributed by atoms with Gasteiger partial charge in [-0.15, -0.1) is 0 Å². The van der Waals surface area contributed by atoms with Crippen molar-refractivity contribution in [1.82, 2.24) is 15.3 Å². The molecule has 2 heterocycles. The van der Waals surface area contributed by atoms with Gasteiger partial charge in [-0.05, 0) is 36.5 Å². The summed E-state index contributed by atoms with van der Waals surface area (Å²) >= 11 is 1.40. The Morgan fingerprint density at radius 3 is 2.73 bits per heavy atom. The average Bonchev–Trinajstić information content (AvgIpc) is 2.67. The van der Waals surface area contributed by atoms with Crippen molar-refractivity contribution < 1.29 is 9.18 Å². The molecule has 0 spiro atoms. The number of nitrogens with one attached hydrogen (secondary N) is 1. The number of hydrogen-bond donors (Lipinski definition) is 1. The van der Waals surface area contributed by atoms with Crippen molar-refractivity contribution in [2.45, 2.75) is 31.3 Å². The van der Waals surface area contributed by atoms with E-state index in [1.54, 1.807) is 18.5 Å². The molecular weight excluding hydrogens is 351 g/mol. The Hall–Kier alpha value is -2.15. The third-order valence-electron chi connectivity index (χ3n) is 4.49. The molecule has 1 amide bonds. The molecule has 0 aliphatic carbocycles. The molecule has 138 valence electrons. The smallest absolute Gasteiger partial charge is 0.230 e. The summed E-state index contributed by atoms with van der Waals surface area (Å²) in [5.74, 6) is 1.63. The predicted molar refractivity (Wildman–Crippen MR) is 102 cm³/mol. The van der Waals surface area contributed by atoms with E-state index in [4.69, 9.17) is 0 Å². The van der Waals surface area contributed by atoms with Gasteiger partial charge in [-0.2, -0.15) is 0 Å². The van der Waals surface area contributed by atoms with Crippen molar-refractivity contribution in [2.24, 2.45) is 5.92 Å². The average molecular weight is 374 g/mol. The first-order valence-electron chi connectivity index (χ1n) is 8.81. The van der Waals surface area contributed by atoms with Gasteiger partial charge in [-0.25, -0.2) is 14.4 Å². The molecule has 3 rings (SSSR count). The Morgan fingerprint density at radius 1 is 1.27 bits per heavy atom. The zero-order chi connectivity index (χ0) is 18.4. The number of nitrogens with zero attached hydrogens (tertiary/aromatic N) is 3. The molecule has 0 bridgehead atoms. The van der Waals surface area contributed by atoms with Gasteiger partial charge in [-0.1, -0.05) is 30.8 Å². The van der Waals surface area contributed by atoms with Crippen LogP contribution in [-0.4, -0.2) is 34.7 Å². The van der Waals surface area contributed by atoms with Gasteiger partial charge in [0.2, 0.25) is 5.91 Å². The molecule has 0 unspecified atom stereocenters. The van der Waals surface area contributed by atoms with Gasteiger partial charge in [-0.3, -0.25) is 4.79 Å². The molecule has 7 heteroatoms. The van der Waals surface area contributed by atoms with E-state index in [0.717, 1.165) is 35.4 Å². The van der Waals surface area contributed by atoms with Gasteiger partial charge in [0.25, 0.3) is 0 Å². The van der Waals surface area contributed by atoms with Gasteiger partial charge in [0, 0.05) is 25.7 Å². The number of amides is 1. The minimum atomic E-state index is -0.279. The Bertz CT molecular complexity index is 733. The molecule has 1 aliphatic rings. The second-order valence-electron chi connectivity index (χ2n) is 6.58. The van der Waals surface area contributed by atoms with Crippen molar-refractivity contribution in [3.8, 4) is 0 Å². The lowest BCUT2D eigenvalue weighted by Crippen LogP contribution is -2.33. The van der Waals surface area contributed by atoms with E-state index >= 15 is 0 Å². The molecule has 1 N–H and O–H groups in total. The molecule has 2 aromatic rings. The predicted octanol–water partition coefficient (Wildman–Crippen LogP) is 3.26. The number of halogens is 1. The number of carbonyl (C=O) groups excluding carboxylic acids is 1. The summed E-state index contributed by atoms with van der Waals surface area (Å²) in [6.07, 6.45) is 3.92. The highest BCUT2D eigenvalue weighted by Crippen LogP contribution is 2.24. The minimum Gasteiger partial charge on any atom is -0.356 e. The molecule has 0 radical (unpaired) electrons. The van der Waals surface area contributed by atoms with E-state index < -0.39 is 0 Å². The van der Waals surface area contributed by atoms with Crippen LogP contribution in [-0.2, 0) is 11.3 Å². The molecule has 26 heavy (non-hydrogen) atoms. The molecule has 1 aromatic carbocycles. The van der Waals surface area contributed by atoms with Crippen LogP contribution in [0.2, 0.25) is 0 Å². The van der Waals surface area contributed by atoms with Gasteiger partial charge < -0.3 is 10.2 Å². The number of aromatic nitrogens is 2. The van der Waals surface area contributed by atoms with Crippen molar-refractivity contribution in [1.29, 1.82) is 0 Å². The van der Waals surface area contributed by atoms with Crippen LogP contribution in [0.4, 0.5) is 10.2 Å². The number of anilines is 1. The summed E-state index contributed by atoms with van der Waals surface area (Å²) < 4.78 is 12.9. The lowest BCUT2D eigenvalue weighted by molar-refractivity contribution is -0.118. The number of thioether (sulfide) groups is 1. The summed E-state index contributed by atoms with van der Waals surface area (Å²) in [4.78, 5) is 22.9. The van der Waals surface area contributed by atoms with E-state index in [9.17, 15) is 9.18 Å². The van der Waals surface area contributed by atoms with Gasteiger partial charge in [0.05, 0.1) is 5.75 Å². The molecule has 5 nitrogen and oxygen atoms in total. The molecule has 1 aromatic heterocycles. The third kappa shape index (κ3) is 5.42. The molecule has 1 saturated heterocycles. The molecule has 1 aliphatic heterocycles. The fourth-order valence-corrected chi connectivity index (χ4v) is 3.50. The molecule has 0 atom stereocenters. The highest BCUT2D eigenvalue weighted by atomic mass is 32.2. The lowest BCUT2D eigenvalue weighted by atomic mass is 9.99. The number of hydrogen-bond acceptors (Lipinski definition) is 5. The highest BCUT2D eigenvalue weighted by Gasteiger charge is 2.17. The van der Waals surface area contributed by atoms with E-state index in [0.29, 0.717) is 6.54 Å². The maximum atomic E-state index is 12.9. The SMILES string of the molecule is CC1CCN(c2cc(SCC(=O)NCc3ccc(F)cc3)ncn2)CC1. The van der Waals surface area contributed by atoms with Gasteiger partial charge in [0.1, 0.15) is 23.0 Å². The number of carbonyl (C=O) groups is 1. The first kappa shape index (κ1) is 18.6. The van der Waals surface area contributed by atoms with Crippen molar-refractivity contribution >= 4 is 23.5 Å². The minimum absolute atomic E-state index is 0.0775. The fourth-order valence-electron chi connectivity index (χ4n) is 2.81. The Kier molecular flexibility index (Phi) is 6.44. The fraction of sp³-hybridized carbons (Fsp3) is 0.421. The summed E-state index contributed by atoms with van der Waals surface area (Å²) in [6.45, 7) is 4.70. The first-order chi connectivity index (χ1) is 12.6. The summed E-state index contributed by atoms with van der Waals surface area (Å²) in [5, 5.41) is 3.63. The van der Waals surface area contributed by atoms with Crippen molar-refractivity contribution in [3.63, 3.8) is 0 Å². The summed E-state index contributed by atoms with van der Waals surface area (Å²) in [6, 6.07) is 8.06. The van der Waals surface area contributed by atoms with Crippen LogP contribution in [0.25, 0.3) is 0 Å². The largest absolute Gasteiger partial charge is 0.356 e. The molecular formula is C19H23FN4OS. The Balaban J connectivity index is 1.47. The summed E-state index contributed by atoms with van der Waals surface area (Å²) in [7, 11) is 0. The highest BCUT2D eigenvalue weighted by molar-refractivity contribution is 7.99. The van der Waals surface area contributed by atoms with Crippen molar-refractivity contribution in [3.05, 3.63) is 48.0 Å². The van der Waals surface area contributed by atoms with Crippen LogP contribution in [0.3, 0.4) is 0 Å². The molecule has 0 saturated carbocycles.